The highest BCUT2D eigenvalue weighted by Crippen LogP contribution is 2.46. The minimum Gasteiger partial charge on any atom is -0.491 e. The van der Waals surface area contributed by atoms with Crippen molar-refractivity contribution in [1.82, 2.24) is 19.7 Å². The average Bonchev–Trinajstić information content (AvgIpc) is 3.14. The largest absolute Gasteiger partial charge is 0.491 e. The Balaban J connectivity index is 1.62. The van der Waals surface area contributed by atoms with Gasteiger partial charge in [-0.05, 0) is 25.8 Å². The second kappa shape index (κ2) is 8.70. The number of nitrogens with zero attached hydrogens (tertiary/aromatic N) is 3. The van der Waals surface area contributed by atoms with Crippen molar-refractivity contribution in [2.75, 3.05) is 33.3 Å². The van der Waals surface area contributed by atoms with Crippen molar-refractivity contribution < 1.29 is 18.7 Å². The number of amides is 2. The minimum absolute atomic E-state index is 0.0412. The number of halogens is 2. The van der Waals surface area contributed by atoms with Crippen LogP contribution in [0.25, 0.3) is 0 Å². The van der Waals surface area contributed by atoms with Gasteiger partial charge in [-0.25, -0.2) is 4.39 Å². The average molecular weight is 489 g/mol. The van der Waals surface area contributed by atoms with Crippen LogP contribution in [-0.4, -0.2) is 59.5 Å². The van der Waals surface area contributed by atoms with Crippen molar-refractivity contribution in [2.24, 2.45) is 0 Å². The molecule has 180 valence electrons. The molecule has 1 N–H and O–H groups in total. The van der Waals surface area contributed by atoms with Crippen LogP contribution in [0, 0.1) is 5.82 Å². The number of benzene rings is 1. The molecule has 3 aliphatic rings. The Morgan fingerprint density at radius 1 is 1.29 bits per heavy atom. The van der Waals surface area contributed by atoms with E-state index in [4.69, 9.17) is 16.3 Å². The first-order valence-corrected chi connectivity index (χ1v) is 11.9. The standard InChI is InChI=1S/C24H26ClFN4O4/c1-3-28-12-14-10-16(29-8-5-9-29)19-17(21(31)22(34-2)20(24(28)33)30(14)19)23(32)27-11-13-6-4-7-15(25)18(13)26/h4,6-7,14,16H,3,5,8-12H2,1-2H3,(H,27,32)/t14-,16+/m0/s1. The number of likely N-dealkylation sites (N-methyl/N-ethyl adjacent to an activating group) is 1. The van der Waals surface area contributed by atoms with E-state index >= 15 is 0 Å². The maximum absolute atomic E-state index is 14.3. The van der Waals surface area contributed by atoms with Crippen LogP contribution in [-0.2, 0) is 6.54 Å². The molecule has 1 aromatic carbocycles. The third kappa shape index (κ3) is 3.41. The van der Waals surface area contributed by atoms with Gasteiger partial charge in [-0.15, -0.1) is 0 Å². The molecule has 34 heavy (non-hydrogen) atoms. The van der Waals surface area contributed by atoms with E-state index in [2.05, 4.69) is 10.2 Å². The maximum Gasteiger partial charge on any atom is 0.274 e. The van der Waals surface area contributed by atoms with Gasteiger partial charge in [-0.1, -0.05) is 23.7 Å². The maximum atomic E-state index is 14.3. The lowest BCUT2D eigenvalue weighted by Gasteiger charge is -2.37. The van der Waals surface area contributed by atoms with Gasteiger partial charge in [0, 0.05) is 38.3 Å². The number of methoxy groups -OCH3 is 1. The Bertz CT molecular complexity index is 1240. The number of carbonyl (C=O) groups is 2. The van der Waals surface area contributed by atoms with Gasteiger partial charge < -0.3 is 19.5 Å². The molecular weight excluding hydrogens is 463 g/mol. The summed E-state index contributed by atoms with van der Waals surface area (Å²) < 4.78 is 21.6. The van der Waals surface area contributed by atoms with Crippen LogP contribution < -0.4 is 15.5 Å². The predicted octanol–water partition coefficient (Wildman–Crippen LogP) is 2.75. The van der Waals surface area contributed by atoms with E-state index in [1.54, 1.807) is 11.0 Å². The lowest BCUT2D eigenvalue weighted by atomic mass is 9.99. The molecule has 1 saturated heterocycles. The van der Waals surface area contributed by atoms with Crippen LogP contribution >= 0.6 is 11.6 Å². The Morgan fingerprint density at radius 2 is 2.06 bits per heavy atom. The third-order valence-electron chi connectivity index (χ3n) is 7.12. The Labute approximate surface area is 201 Å². The lowest BCUT2D eigenvalue weighted by molar-refractivity contribution is 0.0664. The molecule has 1 fully saturated rings. The fourth-order valence-electron chi connectivity index (χ4n) is 5.32. The highest BCUT2D eigenvalue weighted by molar-refractivity contribution is 6.30. The van der Waals surface area contributed by atoms with Crippen molar-refractivity contribution in [3.05, 3.63) is 61.8 Å². The van der Waals surface area contributed by atoms with E-state index < -0.39 is 17.2 Å². The highest BCUT2D eigenvalue weighted by atomic mass is 35.5. The van der Waals surface area contributed by atoms with Gasteiger partial charge in [0.1, 0.15) is 11.4 Å². The summed E-state index contributed by atoms with van der Waals surface area (Å²) >= 11 is 5.86. The smallest absolute Gasteiger partial charge is 0.274 e. The summed E-state index contributed by atoms with van der Waals surface area (Å²) in [6, 6.07) is 4.35. The van der Waals surface area contributed by atoms with Gasteiger partial charge in [-0.3, -0.25) is 19.3 Å². The first-order chi connectivity index (χ1) is 16.4. The summed E-state index contributed by atoms with van der Waals surface area (Å²) in [4.78, 5) is 44.2. The predicted molar refractivity (Wildman–Crippen MR) is 124 cm³/mol. The Kier molecular flexibility index (Phi) is 5.85. The second-order valence-electron chi connectivity index (χ2n) is 8.88. The zero-order valence-corrected chi connectivity index (χ0v) is 19.8. The summed E-state index contributed by atoms with van der Waals surface area (Å²) in [5, 5.41) is 2.64. The fourth-order valence-corrected chi connectivity index (χ4v) is 5.51. The highest BCUT2D eigenvalue weighted by Gasteiger charge is 2.47. The quantitative estimate of drug-likeness (QED) is 0.676. The summed E-state index contributed by atoms with van der Waals surface area (Å²) in [5.74, 6) is -1.63. The van der Waals surface area contributed by atoms with Crippen LogP contribution in [0.15, 0.2) is 23.0 Å². The molecule has 0 radical (unpaired) electrons. The van der Waals surface area contributed by atoms with Crippen LogP contribution in [0.3, 0.4) is 0 Å². The van der Waals surface area contributed by atoms with Crippen LogP contribution in [0.1, 0.15) is 64.0 Å². The molecule has 10 heteroatoms. The molecule has 2 atom stereocenters. The molecule has 5 rings (SSSR count). The normalized spacial score (nSPS) is 21.3. The van der Waals surface area contributed by atoms with Crippen LogP contribution in [0.5, 0.6) is 5.75 Å². The van der Waals surface area contributed by atoms with Crippen molar-refractivity contribution >= 4 is 23.4 Å². The molecule has 0 saturated carbocycles. The number of likely N-dealkylation sites (tertiary alicyclic amines) is 1. The molecule has 8 nitrogen and oxygen atoms in total. The van der Waals surface area contributed by atoms with Gasteiger partial charge in [0.15, 0.2) is 11.4 Å². The van der Waals surface area contributed by atoms with E-state index in [0.29, 0.717) is 25.2 Å². The van der Waals surface area contributed by atoms with E-state index in [1.807, 2.05) is 11.5 Å². The first-order valence-electron chi connectivity index (χ1n) is 11.5. The number of hydrogen-bond donors (Lipinski definition) is 1. The number of ether oxygens (including phenoxy) is 1. The number of hydrogen-bond acceptors (Lipinski definition) is 5. The van der Waals surface area contributed by atoms with Gasteiger partial charge in [0.25, 0.3) is 11.8 Å². The number of nitrogens with one attached hydrogen (secondary N) is 1. The second-order valence-corrected chi connectivity index (χ2v) is 9.28. The van der Waals surface area contributed by atoms with Crippen molar-refractivity contribution in [2.45, 2.75) is 38.4 Å². The van der Waals surface area contributed by atoms with Gasteiger partial charge >= 0.3 is 0 Å². The molecule has 3 aliphatic heterocycles. The Morgan fingerprint density at radius 3 is 2.71 bits per heavy atom. The van der Waals surface area contributed by atoms with Crippen LogP contribution in [0.4, 0.5) is 4.39 Å². The molecule has 0 bridgehead atoms. The molecule has 0 unspecified atom stereocenters. The molecule has 0 spiro atoms. The number of pyridine rings is 1. The molecular formula is C24H26ClFN4O4. The van der Waals surface area contributed by atoms with Crippen molar-refractivity contribution in [3.63, 3.8) is 0 Å². The SMILES string of the molecule is CCN1C[C@@H]2C[C@@H](N3CCC3)c3c(C(=O)NCc4cccc(Cl)c4F)c(=O)c(OC)c(n32)C1=O. The molecule has 1 aromatic heterocycles. The van der Waals surface area contributed by atoms with E-state index in [0.717, 1.165) is 19.5 Å². The van der Waals surface area contributed by atoms with E-state index in [9.17, 15) is 18.8 Å². The molecule has 4 heterocycles. The monoisotopic (exact) mass is 488 g/mol. The molecule has 2 aromatic rings. The third-order valence-corrected chi connectivity index (χ3v) is 7.41. The van der Waals surface area contributed by atoms with Gasteiger partial charge in [-0.2, -0.15) is 0 Å². The number of aromatic nitrogens is 1. The van der Waals surface area contributed by atoms with Gasteiger partial charge in [0.2, 0.25) is 5.43 Å². The van der Waals surface area contributed by atoms with E-state index in [1.165, 1.54) is 19.2 Å². The topological polar surface area (TPSA) is 83.9 Å². The number of carbonyl (C=O) groups excluding carboxylic acids is 2. The number of rotatable bonds is 6. The van der Waals surface area contributed by atoms with Gasteiger partial charge in [0.05, 0.1) is 29.9 Å². The van der Waals surface area contributed by atoms with Crippen molar-refractivity contribution in [1.29, 1.82) is 0 Å². The summed E-state index contributed by atoms with van der Waals surface area (Å²) in [6.45, 7) is 4.54. The lowest BCUT2D eigenvalue weighted by Crippen LogP contribution is -2.45. The van der Waals surface area contributed by atoms with Crippen LogP contribution in [0.2, 0.25) is 5.02 Å². The summed E-state index contributed by atoms with van der Waals surface area (Å²) in [7, 11) is 1.33. The Hall–Kier alpha value is -2.91. The first kappa shape index (κ1) is 22.9. The fraction of sp³-hybridized carbons (Fsp3) is 0.458. The molecule has 2 amide bonds. The summed E-state index contributed by atoms with van der Waals surface area (Å²) in [5.41, 5.74) is 0.318. The zero-order chi connectivity index (χ0) is 24.1. The molecule has 0 aliphatic carbocycles. The minimum atomic E-state index is -0.621. The zero-order valence-electron chi connectivity index (χ0n) is 19.1. The summed E-state index contributed by atoms with van der Waals surface area (Å²) in [6.07, 6.45) is 1.75. The van der Waals surface area contributed by atoms with Crippen molar-refractivity contribution in [3.8, 4) is 5.75 Å². The van der Waals surface area contributed by atoms with E-state index in [-0.39, 0.29) is 52.1 Å².